The smallest absolute Gasteiger partial charge is 0.179 e. The highest BCUT2D eigenvalue weighted by atomic mass is 35.5. The SMILES string of the molecule is COCC(C)NCc1cc(Cl)c2c(c1)OCCCO2. The largest absolute Gasteiger partial charge is 0.489 e. The molecule has 1 aliphatic rings. The van der Waals surface area contributed by atoms with Gasteiger partial charge >= 0.3 is 0 Å². The van der Waals surface area contributed by atoms with Crippen LogP contribution in [0.5, 0.6) is 11.5 Å². The number of halogens is 1. The van der Waals surface area contributed by atoms with E-state index in [1.54, 1.807) is 7.11 Å². The van der Waals surface area contributed by atoms with Crippen LogP contribution in [0.15, 0.2) is 12.1 Å². The molecule has 1 N–H and O–H groups in total. The zero-order chi connectivity index (χ0) is 13.7. The Bertz CT molecular complexity index is 425. The molecule has 0 saturated heterocycles. The molecule has 0 bridgehead atoms. The fourth-order valence-electron chi connectivity index (χ4n) is 1.99. The van der Waals surface area contributed by atoms with Crippen molar-refractivity contribution < 1.29 is 14.2 Å². The third-order valence-electron chi connectivity index (χ3n) is 2.93. The topological polar surface area (TPSA) is 39.7 Å². The van der Waals surface area contributed by atoms with Gasteiger partial charge in [0.15, 0.2) is 11.5 Å². The summed E-state index contributed by atoms with van der Waals surface area (Å²) in [7, 11) is 1.70. The molecule has 1 unspecified atom stereocenters. The van der Waals surface area contributed by atoms with Crippen molar-refractivity contribution in [3.8, 4) is 11.5 Å². The Morgan fingerprint density at radius 2 is 2.16 bits per heavy atom. The number of ether oxygens (including phenoxy) is 3. The van der Waals surface area contributed by atoms with Crippen LogP contribution in [0.4, 0.5) is 0 Å². The van der Waals surface area contributed by atoms with E-state index in [2.05, 4.69) is 12.2 Å². The molecule has 106 valence electrons. The molecule has 5 heteroatoms. The Hall–Kier alpha value is -0.970. The molecule has 1 aromatic rings. The molecule has 0 spiro atoms. The van der Waals surface area contributed by atoms with Crippen molar-refractivity contribution in [3.05, 3.63) is 22.7 Å². The molecule has 1 atom stereocenters. The lowest BCUT2D eigenvalue weighted by atomic mass is 10.2. The Kier molecular flexibility index (Phi) is 5.31. The standard InChI is InChI=1S/C14H20ClNO3/c1-10(9-17-2)16-8-11-6-12(15)14-13(7-11)18-4-3-5-19-14/h6-7,10,16H,3-5,8-9H2,1-2H3. The molecule has 2 rings (SSSR count). The fourth-order valence-corrected chi connectivity index (χ4v) is 2.28. The summed E-state index contributed by atoms with van der Waals surface area (Å²) in [4.78, 5) is 0. The van der Waals surface area contributed by atoms with Gasteiger partial charge in [0.25, 0.3) is 0 Å². The first-order valence-electron chi connectivity index (χ1n) is 6.51. The fraction of sp³-hybridized carbons (Fsp3) is 0.571. The Morgan fingerprint density at radius 3 is 2.95 bits per heavy atom. The summed E-state index contributed by atoms with van der Waals surface area (Å²) in [6, 6.07) is 4.19. The van der Waals surface area contributed by atoms with Gasteiger partial charge in [-0.25, -0.2) is 0 Å². The summed E-state index contributed by atoms with van der Waals surface area (Å²) in [5, 5.41) is 3.98. The first-order valence-corrected chi connectivity index (χ1v) is 6.89. The Labute approximate surface area is 119 Å². The summed E-state index contributed by atoms with van der Waals surface area (Å²) >= 11 is 6.24. The quantitative estimate of drug-likeness (QED) is 0.903. The van der Waals surface area contributed by atoms with Crippen molar-refractivity contribution in [3.63, 3.8) is 0 Å². The normalized spacial score (nSPS) is 15.9. The second-order valence-electron chi connectivity index (χ2n) is 4.69. The van der Waals surface area contributed by atoms with Crippen molar-refractivity contribution >= 4 is 11.6 Å². The molecule has 0 aromatic heterocycles. The van der Waals surface area contributed by atoms with Crippen LogP contribution in [0.2, 0.25) is 5.02 Å². The van der Waals surface area contributed by atoms with Gasteiger partial charge in [0.05, 0.1) is 24.8 Å². The number of nitrogens with one attached hydrogen (secondary N) is 1. The molecule has 19 heavy (non-hydrogen) atoms. The monoisotopic (exact) mass is 285 g/mol. The van der Waals surface area contributed by atoms with Gasteiger partial charge in [-0.2, -0.15) is 0 Å². The van der Waals surface area contributed by atoms with Gasteiger partial charge in [-0.05, 0) is 24.6 Å². The third-order valence-corrected chi connectivity index (χ3v) is 3.21. The van der Waals surface area contributed by atoms with E-state index in [1.807, 2.05) is 12.1 Å². The van der Waals surface area contributed by atoms with Crippen LogP contribution < -0.4 is 14.8 Å². The average molecular weight is 286 g/mol. The minimum atomic E-state index is 0.291. The van der Waals surface area contributed by atoms with Gasteiger partial charge in [-0.3, -0.25) is 0 Å². The Balaban J connectivity index is 2.06. The number of methoxy groups -OCH3 is 1. The van der Waals surface area contributed by atoms with Crippen LogP contribution in [0.25, 0.3) is 0 Å². The molecule has 1 heterocycles. The Morgan fingerprint density at radius 1 is 1.37 bits per heavy atom. The van der Waals surface area contributed by atoms with Crippen LogP contribution in [0, 0.1) is 0 Å². The van der Waals surface area contributed by atoms with Gasteiger partial charge in [0, 0.05) is 26.1 Å². The lowest BCUT2D eigenvalue weighted by Crippen LogP contribution is -2.29. The summed E-state index contributed by atoms with van der Waals surface area (Å²) in [5.41, 5.74) is 1.08. The number of hydrogen-bond donors (Lipinski definition) is 1. The highest BCUT2D eigenvalue weighted by Crippen LogP contribution is 2.37. The van der Waals surface area contributed by atoms with Gasteiger partial charge in [0.1, 0.15) is 0 Å². The van der Waals surface area contributed by atoms with Crippen molar-refractivity contribution in [2.24, 2.45) is 0 Å². The molecule has 0 radical (unpaired) electrons. The van der Waals surface area contributed by atoms with E-state index in [4.69, 9.17) is 25.8 Å². The molecule has 0 aliphatic carbocycles. The van der Waals surface area contributed by atoms with Crippen molar-refractivity contribution in [1.29, 1.82) is 0 Å². The van der Waals surface area contributed by atoms with E-state index in [-0.39, 0.29) is 0 Å². The molecule has 0 fully saturated rings. The first-order chi connectivity index (χ1) is 9.20. The van der Waals surface area contributed by atoms with E-state index < -0.39 is 0 Å². The molecule has 4 nitrogen and oxygen atoms in total. The van der Waals surface area contributed by atoms with Crippen LogP contribution in [0.3, 0.4) is 0 Å². The lowest BCUT2D eigenvalue weighted by molar-refractivity contribution is 0.171. The molecule has 1 aromatic carbocycles. The van der Waals surface area contributed by atoms with Gasteiger partial charge < -0.3 is 19.5 Å². The maximum absolute atomic E-state index is 6.24. The number of benzene rings is 1. The summed E-state index contributed by atoms with van der Waals surface area (Å²) in [5.74, 6) is 1.40. The number of hydrogen-bond acceptors (Lipinski definition) is 4. The highest BCUT2D eigenvalue weighted by Gasteiger charge is 2.15. The van der Waals surface area contributed by atoms with Gasteiger partial charge in [-0.15, -0.1) is 0 Å². The number of fused-ring (bicyclic) bond motifs is 1. The number of rotatable bonds is 5. The lowest BCUT2D eigenvalue weighted by Gasteiger charge is -2.15. The van der Waals surface area contributed by atoms with E-state index in [0.717, 1.165) is 24.3 Å². The van der Waals surface area contributed by atoms with E-state index >= 15 is 0 Å². The predicted octanol–water partition coefficient (Wildman–Crippen LogP) is 2.63. The maximum atomic E-state index is 6.24. The summed E-state index contributed by atoms with van der Waals surface area (Å²) in [6.07, 6.45) is 0.878. The molecule has 0 amide bonds. The molecule has 1 aliphatic heterocycles. The molecular formula is C14H20ClNO3. The molecular weight excluding hydrogens is 266 g/mol. The van der Waals surface area contributed by atoms with E-state index in [0.29, 0.717) is 36.6 Å². The van der Waals surface area contributed by atoms with Crippen LogP contribution in [0.1, 0.15) is 18.9 Å². The zero-order valence-electron chi connectivity index (χ0n) is 11.4. The van der Waals surface area contributed by atoms with E-state index in [9.17, 15) is 0 Å². The van der Waals surface area contributed by atoms with Crippen molar-refractivity contribution in [1.82, 2.24) is 5.32 Å². The second-order valence-corrected chi connectivity index (χ2v) is 5.10. The van der Waals surface area contributed by atoms with Crippen molar-refractivity contribution in [2.45, 2.75) is 25.9 Å². The van der Waals surface area contributed by atoms with Gasteiger partial charge in [0.2, 0.25) is 0 Å². The summed E-state index contributed by atoms with van der Waals surface area (Å²) in [6.45, 7) is 4.79. The molecule has 0 saturated carbocycles. The van der Waals surface area contributed by atoms with Crippen molar-refractivity contribution in [2.75, 3.05) is 26.9 Å². The first kappa shape index (κ1) is 14.4. The third kappa shape index (κ3) is 4.00. The zero-order valence-corrected chi connectivity index (χ0v) is 12.1. The van der Waals surface area contributed by atoms with Gasteiger partial charge in [-0.1, -0.05) is 11.6 Å². The van der Waals surface area contributed by atoms with E-state index in [1.165, 1.54) is 0 Å². The average Bonchev–Trinajstić information content (AvgIpc) is 2.62. The summed E-state index contributed by atoms with van der Waals surface area (Å²) < 4.78 is 16.4. The van der Waals surface area contributed by atoms with Crippen LogP contribution >= 0.6 is 11.6 Å². The maximum Gasteiger partial charge on any atom is 0.179 e. The van der Waals surface area contributed by atoms with Crippen LogP contribution in [-0.2, 0) is 11.3 Å². The minimum absolute atomic E-state index is 0.291. The minimum Gasteiger partial charge on any atom is -0.489 e. The highest BCUT2D eigenvalue weighted by molar-refractivity contribution is 6.32. The van der Waals surface area contributed by atoms with Crippen LogP contribution in [-0.4, -0.2) is 33.0 Å². The second kappa shape index (κ2) is 6.98. The predicted molar refractivity (Wildman–Crippen MR) is 75.2 cm³/mol.